The second-order valence-electron chi connectivity index (χ2n) is 7.70. The highest BCUT2D eigenvalue weighted by Crippen LogP contribution is 2.27. The Labute approximate surface area is 201 Å². The average molecular weight is 480 g/mol. The highest BCUT2D eigenvalue weighted by Gasteiger charge is 2.29. The van der Waals surface area contributed by atoms with Gasteiger partial charge >= 0.3 is 0 Å². The molecule has 3 rings (SSSR count). The van der Waals surface area contributed by atoms with Crippen molar-refractivity contribution in [3.8, 4) is 0 Å². The molecule has 3 atom stereocenters. The molecule has 7 nitrogen and oxygen atoms in total. The van der Waals surface area contributed by atoms with Crippen molar-refractivity contribution >= 4 is 42.5 Å². The normalized spacial score (nSPS) is 18.3. The van der Waals surface area contributed by atoms with Crippen LogP contribution in [0.15, 0.2) is 54.6 Å². The SMILES string of the molecule is C[C@H](NC(=O)[C@H]1C[C@@H](c2ccccc2)CCN1)C(=O)NCc1ccc(C(=N)N)cc1.Cl.Cl. The smallest absolute Gasteiger partial charge is 0.242 e. The Hall–Kier alpha value is -2.61. The van der Waals surface area contributed by atoms with Gasteiger partial charge in [-0.1, -0.05) is 54.6 Å². The molecule has 0 spiro atoms. The van der Waals surface area contributed by atoms with E-state index >= 15 is 0 Å². The monoisotopic (exact) mass is 479 g/mol. The molecule has 6 N–H and O–H groups in total. The zero-order valence-electron chi connectivity index (χ0n) is 18.0. The molecule has 9 heteroatoms. The number of benzene rings is 2. The molecule has 0 saturated carbocycles. The van der Waals surface area contributed by atoms with Crippen LogP contribution in [0.5, 0.6) is 0 Å². The molecule has 0 bridgehead atoms. The molecule has 1 aliphatic rings. The lowest BCUT2D eigenvalue weighted by Gasteiger charge is -2.30. The Kier molecular flexibility index (Phi) is 11.2. The highest BCUT2D eigenvalue weighted by molar-refractivity contribution is 5.95. The summed E-state index contributed by atoms with van der Waals surface area (Å²) in [5.41, 5.74) is 8.23. The van der Waals surface area contributed by atoms with Gasteiger partial charge in [0.15, 0.2) is 0 Å². The Morgan fingerprint density at radius 3 is 2.41 bits per heavy atom. The van der Waals surface area contributed by atoms with Gasteiger partial charge in [-0.25, -0.2) is 0 Å². The van der Waals surface area contributed by atoms with Crippen LogP contribution >= 0.6 is 24.8 Å². The number of amidine groups is 1. The summed E-state index contributed by atoms with van der Waals surface area (Å²) in [4.78, 5) is 25.1. The first-order valence-electron chi connectivity index (χ1n) is 10.2. The van der Waals surface area contributed by atoms with Crippen LogP contribution in [-0.4, -0.2) is 36.3 Å². The molecule has 1 fully saturated rings. The number of hydrogen-bond donors (Lipinski definition) is 5. The van der Waals surface area contributed by atoms with Crippen LogP contribution in [-0.2, 0) is 16.1 Å². The highest BCUT2D eigenvalue weighted by atomic mass is 35.5. The fourth-order valence-corrected chi connectivity index (χ4v) is 3.67. The molecule has 0 aliphatic carbocycles. The number of carbonyl (C=O) groups is 2. The van der Waals surface area contributed by atoms with E-state index < -0.39 is 6.04 Å². The topological polar surface area (TPSA) is 120 Å². The molecule has 0 unspecified atom stereocenters. The van der Waals surface area contributed by atoms with Crippen LogP contribution in [0.2, 0.25) is 0 Å². The number of rotatable bonds is 7. The zero-order chi connectivity index (χ0) is 21.5. The predicted octanol–water partition coefficient (Wildman–Crippen LogP) is 2.47. The summed E-state index contributed by atoms with van der Waals surface area (Å²) in [6.45, 7) is 2.80. The Balaban J connectivity index is 0.00000256. The molecular weight excluding hydrogens is 449 g/mol. The number of halogens is 2. The van der Waals surface area contributed by atoms with Gasteiger partial charge in [-0.05, 0) is 43.4 Å². The summed E-state index contributed by atoms with van der Waals surface area (Å²) in [7, 11) is 0. The summed E-state index contributed by atoms with van der Waals surface area (Å²) in [6, 6.07) is 16.4. The number of nitrogen functional groups attached to an aromatic ring is 1. The van der Waals surface area contributed by atoms with E-state index in [1.807, 2.05) is 30.3 Å². The first-order valence-corrected chi connectivity index (χ1v) is 10.2. The predicted molar refractivity (Wildman–Crippen MR) is 132 cm³/mol. The summed E-state index contributed by atoms with van der Waals surface area (Å²) >= 11 is 0. The van der Waals surface area contributed by atoms with E-state index in [-0.39, 0.29) is 48.5 Å². The lowest BCUT2D eigenvalue weighted by atomic mass is 9.86. The summed E-state index contributed by atoms with van der Waals surface area (Å²) in [5, 5.41) is 16.3. The lowest BCUT2D eigenvalue weighted by Crippen LogP contribution is -2.53. The fraction of sp³-hybridized carbons (Fsp3) is 0.348. The minimum Gasteiger partial charge on any atom is -0.384 e. The van der Waals surface area contributed by atoms with Crippen LogP contribution in [0.3, 0.4) is 0 Å². The third kappa shape index (κ3) is 7.51. The van der Waals surface area contributed by atoms with Crippen LogP contribution < -0.4 is 21.7 Å². The summed E-state index contributed by atoms with van der Waals surface area (Å²) in [5.74, 6) is -0.0449. The van der Waals surface area contributed by atoms with Crippen LogP contribution in [0, 0.1) is 5.41 Å². The van der Waals surface area contributed by atoms with E-state index in [9.17, 15) is 9.59 Å². The maximum atomic E-state index is 12.7. The quantitative estimate of drug-likeness (QED) is 0.309. The molecular formula is C23H31Cl2N5O2. The lowest BCUT2D eigenvalue weighted by molar-refractivity contribution is -0.130. The van der Waals surface area contributed by atoms with Gasteiger partial charge in [0, 0.05) is 12.1 Å². The van der Waals surface area contributed by atoms with Gasteiger partial charge in [-0.3, -0.25) is 15.0 Å². The second kappa shape index (κ2) is 13.1. The van der Waals surface area contributed by atoms with Gasteiger partial charge in [0.1, 0.15) is 11.9 Å². The van der Waals surface area contributed by atoms with Crippen molar-refractivity contribution in [2.75, 3.05) is 6.54 Å². The number of carbonyl (C=O) groups excluding carboxylic acids is 2. The third-order valence-electron chi connectivity index (χ3n) is 5.47. The van der Waals surface area contributed by atoms with Gasteiger partial charge in [-0.2, -0.15) is 0 Å². The van der Waals surface area contributed by atoms with E-state index in [0.29, 0.717) is 24.4 Å². The van der Waals surface area contributed by atoms with Gasteiger partial charge in [-0.15, -0.1) is 24.8 Å². The van der Waals surface area contributed by atoms with E-state index in [1.165, 1.54) is 5.56 Å². The molecule has 0 aromatic heterocycles. The minimum absolute atomic E-state index is 0. The van der Waals surface area contributed by atoms with E-state index in [1.54, 1.807) is 19.1 Å². The van der Waals surface area contributed by atoms with Crippen molar-refractivity contribution in [2.45, 2.75) is 44.3 Å². The Morgan fingerprint density at radius 2 is 1.78 bits per heavy atom. The largest absolute Gasteiger partial charge is 0.384 e. The molecule has 32 heavy (non-hydrogen) atoms. The molecule has 2 amide bonds. The van der Waals surface area contributed by atoms with E-state index in [2.05, 4.69) is 28.1 Å². The summed E-state index contributed by atoms with van der Waals surface area (Å²) < 4.78 is 0. The first-order chi connectivity index (χ1) is 14.4. The van der Waals surface area contributed by atoms with Gasteiger partial charge in [0.05, 0.1) is 6.04 Å². The molecule has 2 aromatic rings. The van der Waals surface area contributed by atoms with E-state index in [0.717, 1.165) is 18.5 Å². The standard InChI is InChI=1S/C23H29N5O2.2ClH/c1-15(22(29)27-14-16-7-9-18(10-8-16)21(24)25)28-23(30)20-13-19(11-12-26-20)17-5-3-2-4-6-17;;/h2-10,15,19-20,26H,11-14H2,1H3,(H3,24,25)(H,27,29)(H,28,30);2*1H/t15-,19-,20+;;/m0../s1. The van der Waals surface area contributed by atoms with Gasteiger partial charge < -0.3 is 21.7 Å². The number of piperidine rings is 1. The first kappa shape index (κ1) is 27.4. The van der Waals surface area contributed by atoms with Crippen molar-refractivity contribution in [1.29, 1.82) is 5.41 Å². The number of nitrogens with two attached hydrogens (primary N) is 1. The maximum absolute atomic E-state index is 12.7. The van der Waals surface area contributed by atoms with E-state index in [4.69, 9.17) is 11.1 Å². The number of hydrogen-bond acceptors (Lipinski definition) is 4. The molecule has 0 radical (unpaired) electrons. The second-order valence-corrected chi connectivity index (χ2v) is 7.70. The Bertz CT molecular complexity index is 893. The maximum Gasteiger partial charge on any atom is 0.242 e. The third-order valence-corrected chi connectivity index (χ3v) is 5.47. The van der Waals surface area contributed by atoms with Crippen molar-refractivity contribution in [2.24, 2.45) is 5.73 Å². The molecule has 1 aliphatic heterocycles. The van der Waals surface area contributed by atoms with Crippen molar-refractivity contribution in [3.05, 3.63) is 71.3 Å². The van der Waals surface area contributed by atoms with Crippen LogP contribution in [0.4, 0.5) is 0 Å². The minimum atomic E-state index is -0.632. The summed E-state index contributed by atoms with van der Waals surface area (Å²) in [6.07, 6.45) is 1.71. The van der Waals surface area contributed by atoms with Crippen molar-refractivity contribution in [3.63, 3.8) is 0 Å². The Morgan fingerprint density at radius 1 is 1.12 bits per heavy atom. The molecule has 1 saturated heterocycles. The number of amides is 2. The van der Waals surface area contributed by atoms with Crippen LogP contribution in [0.1, 0.15) is 42.4 Å². The average Bonchev–Trinajstić information content (AvgIpc) is 2.78. The molecule has 1 heterocycles. The van der Waals surface area contributed by atoms with Crippen molar-refractivity contribution in [1.82, 2.24) is 16.0 Å². The fourth-order valence-electron chi connectivity index (χ4n) is 3.67. The zero-order valence-corrected chi connectivity index (χ0v) is 19.6. The molecule has 2 aromatic carbocycles. The van der Waals surface area contributed by atoms with Gasteiger partial charge in [0.25, 0.3) is 0 Å². The van der Waals surface area contributed by atoms with Crippen LogP contribution in [0.25, 0.3) is 0 Å². The van der Waals surface area contributed by atoms with Gasteiger partial charge in [0.2, 0.25) is 11.8 Å². The number of nitrogens with one attached hydrogen (secondary N) is 4. The van der Waals surface area contributed by atoms with Crippen molar-refractivity contribution < 1.29 is 9.59 Å². The molecule has 174 valence electrons.